The fourth-order valence-corrected chi connectivity index (χ4v) is 2.07. The van der Waals surface area contributed by atoms with Gasteiger partial charge >= 0.3 is 5.97 Å². The second-order valence-electron chi connectivity index (χ2n) is 4.44. The van der Waals surface area contributed by atoms with Crippen molar-refractivity contribution < 1.29 is 19.4 Å². The van der Waals surface area contributed by atoms with Crippen molar-refractivity contribution in [2.24, 2.45) is 0 Å². The Morgan fingerprint density at radius 2 is 2.37 bits per heavy atom. The van der Waals surface area contributed by atoms with E-state index in [9.17, 15) is 9.59 Å². The lowest BCUT2D eigenvalue weighted by Gasteiger charge is -2.35. The fourth-order valence-electron chi connectivity index (χ4n) is 2.07. The van der Waals surface area contributed by atoms with Gasteiger partial charge in [0.05, 0.1) is 24.9 Å². The number of hydrogen-bond donors (Lipinski definition) is 1. The van der Waals surface area contributed by atoms with Gasteiger partial charge in [-0.2, -0.15) is 0 Å². The smallest absolute Gasteiger partial charge is 0.303 e. The maximum Gasteiger partial charge on any atom is 0.303 e. The summed E-state index contributed by atoms with van der Waals surface area (Å²) in [6.07, 6.45) is 2.10. The average molecular weight is 264 g/mol. The van der Waals surface area contributed by atoms with Crippen molar-refractivity contribution in [2.75, 3.05) is 13.2 Å². The van der Waals surface area contributed by atoms with Crippen molar-refractivity contribution >= 4 is 11.9 Å². The maximum absolute atomic E-state index is 11.9. The SMILES string of the molecule is O=C(O)CCC1COCC(=O)N1Cc1ccccn1. The predicted octanol–water partition coefficient (Wildman–Crippen LogP) is 0.674. The van der Waals surface area contributed by atoms with Crippen molar-refractivity contribution in [2.45, 2.75) is 25.4 Å². The number of carboxylic acid groups (broad SMARTS) is 1. The summed E-state index contributed by atoms with van der Waals surface area (Å²) in [5, 5.41) is 8.73. The lowest BCUT2D eigenvalue weighted by molar-refractivity contribution is -0.151. The molecule has 1 aromatic rings. The average Bonchev–Trinajstić information content (AvgIpc) is 2.40. The quantitative estimate of drug-likeness (QED) is 0.845. The Kier molecular flexibility index (Phi) is 4.46. The molecule has 1 aromatic heterocycles. The van der Waals surface area contributed by atoms with Crippen LogP contribution in [0.4, 0.5) is 0 Å². The predicted molar refractivity (Wildman–Crippen MR) is 66.3 cm³/mol. The van der Waals surface area contributed by atoms with Crippen LogP contribution in [0.3, 0.4) is 0 Å². The number of nitrogens with zero attached hydrogens (tertiary/aromatic N) is 2. The van der Waals surface area contributed by atoms with Crippen LogP contribution in [0.15, 0.2) is 24.4 Å². The molecule has 2 heterocycles. The molecule has 6 heteroatoms. The summed E-state index contributed by atoms with van der Waals surface area (Å²) in [4.78, 5) is 28.4. The Morgan fingerprint density at radius 3 is 3.05 bits per heavy atom. The topological polar surface area (TPSA) is 79.7 Å². The molecular weight excluding hydrogens is 248 g/mol. The first kappa shape index (κ1) is 13.5. The molecule has 0 aliphatic carbocycles. The molecule has 0 saturated carbocycles. The minimum atomic E-state index is -0.865. The van der Waals surface area contributed by atoms with E-state index in [0.29, 0.717) is 19.6 Å². The van der Waals surface area contributed by atoms with Crippen LogP contribution in [0, 0.1) is 0 Å². The van der Waals surface area contributed by atoms with Crippen LogP contribution in [-0.4, -0.2) is 46.1 Å². The third-order valence-electron chi connectivity index (χ3n) is 3.05. The summed E-state index contributed by atoms with van der Waals surface area (Å²) in [6, 6.07) is 5.32. The molecule has 1 aliphatic rings. The molecule has 0 radical (unpaired) electrons. The molecule has 2 rings (SSSR count). The minimum absolute atomic E-state index is 0.0278. The van der Waals surface area contributed by atoms with Gasteiger partial charge in [0.25, 0.3) is 0 Å². The highest BCUT2D eigenvalue weighted by atomic mass is 16.5. The second kappa shape index (κ2) is 6.29. The molecule has 1 amide bonds. The van der Waals surface area contributed by atoms with E-state index >= 15 is 0 Å². The number of carbonyl (C=O) groups excluding carboxylic acids is 1. The molecule has 0 bridgehead atoms. The Labute approximate surface area is 111 Å². The van der Waals surface area contributed by atoms with Crippen molar-refractivity contribution in [3.63, 3.8) is 0 Å². The lowest BCUT2D eigenvalue weighted by Crippen LogP contribution is -2.49. The zero-order valence-corrected chi connectivity index (χ0v) is 10.5. The zero-order chi connectivity index (χ0) is 13.7. The van der Waals surface area contributed by atoms with E-state index < -0.39 is 5.97 Å². The maximum atomic E-state index is 11.9. The van der Waals surface area contributed by atoms with Crippen LogP contribution < -0.4 is 0 Å². The number of aromatic nitrogens is 1. The molecule has 19 heavy (non-hydrogen) atoms. The van der Waals surface area contributed by atoms with Crippen LogP contribution >= 0.6 is 0 Å². The molecular formula is C13H16N2O4. The Bertz CT molecular complexity index is 449. The van der Waals surface area contributed by atoms with Gasteiger partial charge in [-0.25, -0.2) is 0 Å². The van der Waals surface area contributed by atoms with E-state index in [1.165, 1.54) is 0 Å². The highest BCUT2D eigenvalue weighted by molar-refractivity contribution is 5.78. The van der Waals surface area contributed by atoms with E-state index in [4.69, 9.17) is 9.84 Å². The first-order valence-electron chi connectivity index (χ1n) is 6.15. The van der Waals surface area contributed by atoms with Gasteiger partial charge in [-0.15, -0.1) is 0 Å². The highest BCUT2D eigenvalue weighted by Crippen LogP contribution is 2.16. The van der Waals surface area contributed by atoms with Crippen molar-refractivity contribution in [1.82, 2.24) is 9.88 Å². The normalized spacial score (nSPS) is 19.5. The van der Waals surface area contributed by atoms with Gasteiger partial charge < -0.3 is 14.7 Å². The minimum Gasteiger partial charge on any atom is -0.481 e. The molecule has 102 valence electrons. The second-order valence-corrected chi connectivity index (χ2v) is 4.44. The van der Waals surface area contributed by atoms with Gasteiger partial charge in [0.1, 0.15) is 6.61 Å². The van der Waals surface area contributed by atoms with E-state index in [0.717, 1.165) is 5.69 Å². The van der Waals surface area contributed by atoms with Gasteiger partial charge in [-0.05, 0) is 18.6 Å². The number of amides is 1. The molecule has 1 atom stereocenters. The summed E-state index contributed by atoms with van der Waals surface area (Å²) in [5.41, 5.74) is 0.790. The number of rotatable bonds is 5. The van der Waals surface area contributed by atoms with Crippen LogP contribution in [0.2, 0.25) is 0 Å². The lowest BCUT2D eigenvalue weighted by atomic mass is 10.1. The van der Waals surface area contributed by atoms with Gasteiger partial charge in [0.2, 0.25) is 5.91 Å². The zero-order valence-electron chi connectivity index (χ0n) is 10.5. The Hall–Kier alpha value is -1.95. The van der Waals surface area contributed by atoms with Crippen LogP contribution in [-0.2, 0) is 20.9 Å². The van der Waals surface area contributed by atoms with E-state index in [1.54, 1.807) is 11.1 Å². The fraction of sp³-hybridized carbons (Fsp3) is 0.462. The van der Waals surface area contributed by atoms with Crippen LogP contribution in [0.5, 0.6) is 0 Å². The Balaban J connectivity index is 2.03. The highest BCUT2D eigenvalue weighted by Gasteiger charge is 2.29. The third-order valence-corrected chi connectivity index (χ3v) is 3.05. The molecule has 0 spiro atoms. The molecule has 6 nitrogen and oxygen atoms in total. The van der Waals surface area contributed by atoms with E-state index in [-0.39, 0.29) is 25.0 Å². The van der Waals surface area contributed by atoms with E-state index in [2.05, 4.69) is 4.98 Å². The van der Waals surface area contributed by atoms with Gasteiger partial charge in [-0.3, -0.25) is 14.6 Å². The molecule has 1 aliphatic heterocycles. The first-order chi connectivity index (χ1) is 9.16. The number of carboxylic acids is 1. The van der Waals surface area contributed by atoms with E-state index in [1.807, 2.05) is 18.2 Å². The van der Waals surface area contributed by atoms with Gasteiger partial charge in [-0.1, -0.05) is 6.07 Å². The monoisotopic (exact) mass is 264 g/mol. The summed E-state index contributed by atoms with van der Waals surface area (Å²) >= 11 is 0. The molecule has 0 aromatic carbocycles. The first-order valence-corrected chi connectivity index (χ1v) is 6.15. The number of morpholine rings is 1. The molecule has 1 unspecified atom stereocenters. The molecule has 1 fully saturated rings. The number of carbonyl (C=O) groups is 2. The van der Waals surface area contributed by atoms with Crippen molar-refractivity contribution in [3.05, 3.63) is 30.1 Å². The number of aliphatic carboxylic acids is 1. The third kappa shape index (κ3) is 3.75. The number of ether oxygens (including phenoxy) is 1. The number of hydrogen-bond acceptors (Lipinski definition) is 4. The van der Waals surface area contributed by atoms with Gasteiger partial charge in [0, 0.05) is 12.6 Å². The van der Waals surface area contributed by atoms with Gasteiger partial charge in [0.15, 0.2) is 0 Å². The standard InChI is InChI=1S/C13H16N2O4/c16-12-9-19-8-11(4-5-13(17)18)15(12)7-10-3-1-2-6-14-10/h1-3,6,11H,4-5,7-9H2,(H,17,18). The largest absolute Gasteiger partial charge is 0.481 e. The molecule has 1 N–H and O–H groups in total. The van der Waals surface area contributed by atoms with Crippen molar-refractivity contribution in [3.8, 4) is 0 Å². The van der Waals surface area contributed by atoms with Crippen LogP contribution in [0.25, 0.3) is 0 Å². The molecule has 1 saturated heterocycles. The summed E-state index contributed by atoms with van der Waals surface area (Å²) in [7, 11) is 0. The summed E-state index contributed by atoms with van der Waals surface area (Å²) < 4.78 is 5.19. The number of pyridine rings is 1. The van der Waals surface area contributed by atoms with Crippen molar-refractivity contribution in [1.29, 1.82) is 0 Å². The Morgan fingerprint density at radius 1 is 1.53 bits per heavy atom. The summed E-state index contributed by atoms with van der Waals surface area (Å²) in [6.45, 7) is 0.829. The summed E-state index contributed by atoms with van der Waals surface area (Å²) in [5.74, 6) is -0.983. The van der Waals surface area contributed by atoms with Crippen LogP contribution in [0.1, 0.15) is 18.5 Å².